The highest BCUT2D eigenvalue weighted by molar-refractivity contribution is 7.85. The fourth-order valence-corrected chi connectivity index (χ4v) is 3.57. The highest BCUT2D eigenvalue weighted by Crippen LogP contribution is 2.24. The third-order valence-electron chi connectivity index (χ3n) is 3.42. The third-order valence-corrected chi connectivity index (χ3v) is 5.00. The molecule has 1 amide bonds. The number of nitrogens with two attached hydrogens (primary N) is 1. The molecule has 0 spiro atoms. The van der Waals surface area contributed by atoms with E-state index in [1.165, 1.54) is 0 Å². The van der Waals surface area contributed by atoms with E-state index in [2.05, 4.69) is 10.2 Å². The van der Waals surface area contributed by atoms with Gasteiger partial charge >= 0.3 is 0 Å². The molecule has 2 rings (SSSR count). The van der Waals surface area contributed by atoms with Gasteiger partial charge in [0.25, 0.3) is 0 Å². The van der Waals surface area contributed by atoms with E-state index in [1.54, 1.807) is 18.2 Å². The number of nitrogens with one attached hydrogen (secondary N) is 1. The van der Waals surface area contributed by atoms with Crippen LogP contribution in [0, 0.1) is 0 Å². The lowest BCUT2D eigenvalue weighted by molar-refractivity contribution is -0.116. The van der Waals surface area contributed by atoms with Crippen LogP contribution in [0.1, 0.15) is 12.8 Å². The van der Waals surface area contributed by atoms with Crippen LogP contribution in [0.25, 0.3) is 0 Å². The van der Waals surface area contributed by atoms with E-state index in [9.17, 15) is 9.00 Å². The van der Waals surface area contributed by atoms with Crippen molar-refractivity contribution >= 4 is 39.7 Å². The molecule has 1 saturated heterocycles. The zero-order chi connectivity index (χ0) is 15.2. The van der Waals surface area contributed by atoms with Crippen LogP contribution in [0.2, 0.25) is 5.02 Å². The number of carbonyl (C=O) groups excluding carboxylic acids is 1. The van der Waals surface area contributed by atoms with Gasteiger partial charge in [0, 0.05) is 47.5 Å². The average Bonchev–Trinajstić information content (AvgIpc) is 2.44. The maximum atomic E-state index is 11.9. The number of amides is 1. The van der Waals surface area contributed by atoms with Crippen LogP contribution in [-0.2, 0) is 15.6 Å². The minimum absolute atomic E-state index is 0.0535. The Labute approximate surface area is 132 Å². The molecule has 1 heterocycles. The Kier molecular flexibility index (Phi) is 6.02. The van der Waals surface area contributed by atoms with Gasteiger partial charge in [0.2, 0.25) is 5.91 Å². The molecule has 1 aliphatic rings. The lowest BCUT2D eigenvalue weighted by atomic mass is 10.2. The number of nitrogens with zero attached hydrogens (tertiary/aromatic N) is 1. The Morgan fingerprint density at radius 3 is 2.76 bits per heavy atom. The number of carbonyl (C=O) groups is 1. The summed E-state index contributed by atoms with van der Waals surface area (Å²) in [4.78, 5) is 14.1. The number of halogens is 1. The smallest absolute Gasteiger partial charge is 0.224 e. The molecule has 0 radical (unpaired) electrons. The van der Waals surface area contributed by atoms with Gasteiger partial charge in [-0.1, -0.05) is 11.6 Å². The topological polar surface area (TPSA) is 75.4 Å². The molecule has 0 atom stereocenters. The number of benzene rings is 1. The summed E-state index contributed by atoms with van der Waals surface area (Å²) < 4.78 is 11.2. The van der Waals surface area contributed by atoms with Crippen LogP contribution in [-0.4, -0.2) is 46.2 Å². The summed E-state index contributed by atoms with van der Waals surface area (Å²) in [6.07, 6.45) is 1.23. The van der Waals surface area contributed by atoms with E-state index < -0.39 is 10.8 Å². The summed E-state index contributed by atoms with van der Waals surface area (Å²) in [5.41, 5.74) is 6.76. The summed E-state index contributed by atoms with van der Waals surface area (Å²) in [5.74, 6) is 1.43. The Morgan fingerprint density at radius 2 is 2.10 bits per heavy atom. The van der Waals surface area contributed by atoms with Crippen molar-refractivity contribution in [1.82, 2.24) is 4.90 Å². The first kappa shape index (κ1) is 16.3. The van der Waals surface area contributed by atoms with Crippen molar-refractivity contribution in [2.75, 3.05) is 42.2 Å². The molecule has 1 aromatic rings. The maximum absolute atomic E-state index is 11.9. The highest BCUT2D eigenvalue weighted by Gasteiger charge is 2.15. The lowest BCUT2D eigenvalue weighted by Gasteiger charge is -2.25. The zero-order valence-electron chi connectivity index (χ0n) is 11.8. The fraction of sp³-hybridized carbons (Fsp3) is 0.500. The van der Waals surface area contributed by atoms with E-state index in [4.69, 9.17) is 17.3 Å². The highest BCUT2D eigenvalue weighted by atomic mass is 35.5. The van der Waals surface area contributed by atoms with Crippen LogP contribution in [0.15, 0.2) is 18.2 Å². The molecule has 0 aromatic heterocycles. The van der Waals surface area contributed by atoms with Crippen LogP contribution >= 0.6 is 11.6 Å². The monoisotopic (exact) mass is 329 g/mol. The average molecular weight is 330 g/mol. The maximum Gasteiger partial charge on any atom is 0.224 e. The SMILES string of the molecule is Nc1ccc(NC(=O)CCCN2CCS(=O)CC2)c(Cl)c1. The van der Waals surface area contributed by atoms with Crippen molar-refractivity contribution in [2.45, 2.75) is 12.8 Å². The second kappa shape index (κ2) is 7.77. The zero-order valence-corrected chi connectivity index (χ0v) is 13.4. The van der Waals surface area contributed by atoms with E-state index in [1.807, 2.05) is 0 Å². The van der Waals surface area contributed by atoms with Crippen molar-refractivity contribution in [1.29, 1.82) is 0 Å². The third kappa shape index (κ3) is 5.30. The molecule has 0 aliphatic carbocycles. The largest absolute Gasteiger partial charge is 0.399 e. The van der Waals surface area contributed by atoms with Crippen LogP contribution in [0.4, 0.5) is 11.4 Å². The number of hydrogen-bond donors (Lipinski definition) is 2. The minimum Gasteiger partial charge on any atom is -0.399 e. The molecule has 21 heavy (non-hydrogen) atoms. The summed E-state index contributed by atoms with van der Waals surface area (Å²) in [6.45, 7) is 2.58. The summed E-state index contributed by atoms with van der Waals surface area (Å²) >= 11 is 6.01. The molecular formula is C14H20ClN3O2S. The Hall–Kier alpha value is -1.11. The predicted molar refractivity (Wildman–Crippen MR) is 88.0 cm³/mol. The normalized spacial score (nSPS) is 16.8. The van der Waals surface area contributed by atoms with Crippen LogP contribution in [0.5, 0.6) is 0 Å². The molecule has 1 fully saturated rings. The molecule has 3 N–H and O–H groups in total. The molecule has 0 bridgehead atoms. The first-order valence-corrected chi connectivity index (χ1v) is 8.83. The lowest BCUT2D eigenvalue weighted by Crippen LogP contribution is -2.38. The van der Waals surface area contributed by atoms with Gasteiger partial charge in [-0.2, -0.15) is 0 Å². The first-order valence-electron chi connectivity index (χ1n) is 6.97. The summed E-state index contributed by atoms with van der Waals surface area (Å²) in [6, 6.07) is 5.02. The van der Waals surface area contributed by atoms with Gasteiger partial charge in [-0.3, -0.25) is 9.00 Å². The molecular weight excluding hydrogens is 310 g/mol. The summed E-state index contributed by atoms with van der Waals surface area (Å²) in [5, 5.41) is 3.23. The van der Waals surface area contributed by atoms with Crippen molar-refractivity contribution in [3.05, 3.63) is 23.2 Å². The molecule has 116 valence electrons. The van der Waals surface area contributed by atoms with Gasteiger partial charge in [-0.15, -0.1) is 0 Å². The van der Waals surface area contributed by atoms with Gasteiger partial charge in [-0.05, 0) is 31.2 Å². The Balaban J connectivity index is 1.71. The number of hydrogen-bond acceptors (Lipinski definition) is 4. The first-order chi connectivity index (χ1) is 10.0. The van der Waals surface area contributed by atoms with Gasteiger partial charge in [0.05, 0.1) is 10.7 Å². The van der Waals surface area contributed by atoms with Crippen molar-refractivity contribution in [3.63, 3.8) is 0 Å². The van der Waals surface area contributed by atoms with Crippen molar-refractivity contribution in [3.8, 4) is 0 Å². The van der Waals surface area contributed by atoms with Gasteiger partial charge < -0.3 is 16.0 Å². The second-order valence-electron chi connectivity index (χ2n) is 5.08. The molecule has 1 aliphatic heterocycles. The quantitative estimate of drug-likeness (QED) is 0.806. The molecule has 0 unspecified atom stereocenters. The number of nitrogen functional groups attached to an aromatic ring is 1. The second-order valence-corrected chi connectivity index (χ2v) is 7.18. The Morgan fingerprint density at radius 1 is 1.38 bits per heavy atom. The Bertz CT molecular complexity index is 529. The summed E-state index contributed by atoms with van der Waals surface area (Å²) in [7, 11) is -0.652. The van der Waals surface area contributed by atoms with Gasteiger partial charge in [0.1, 0.15) is 0 Å². The van der Waals surface area contributed by atoms with Gasteiger partial charge in [-0.25, -0.2) is 0 Å². The van der Waals surface area contributed by atoms with Crippen molar-refractivity contribution < 1.29 is 9.00 Å². The fourth-order valence-electron chi connectivity index (χ4n) is 2.21. The van der Waals surface area contributed by atoms with Crippen LogP contribution in [0.3, 0.4) is 0 Å². The molecule has 7 heteroatoms. The van der Waals surface area contributed by atoms with Gasteiger partial charge in [0.15, 0.2) is 0 Å². The van der Waals surface area contributed by atoms with Crippen molar-refractivity contribution in [2.24, 2.45) is 0 Å². The standard InChI is InChI=1S/C14H20ClN3O2S/c15-12-10-11(16)3-4-13(12)17-14(19)2-1-5-18-6-8-21(20)9-7-18/h3-4,10H,1-2,5-9,16H2,(H,17,19). The number of anilines is 2. The van der Waals surface area contributed by atoms with E-state index >= 15 is 0 Å². The van der Waals surface area contributed by atoms with E-state index in [0.29, 0.717) is 22.8 Å². The van der Waals surface area contributed by atoms with E-state index in [-0.39, 0.29) is 5.91 Å². The predicted octanol–water partition coefficient (Wildman–Crippen LogP) is 1.71. The number of rotatable bonds is 5. The molecule has 1 aromatic carbocycles. The van der Waals surface area contributed by atoms with Crippen LogP contribution < -0.4 is 11.1 Å². The molecule has 5 nitrogen and oxygen atoms in total. The van der Waals surface area contributed by atoms with E-state index in [0.717, 1.165) is 37.6 Å². The molecule has 0 saturated carbocycles. The minimum atomic E-state index is -0.652.